The quantitative estimate of drug-likeness (QED) is 0.473. The van der Waals surface area contributed by atoms with Crippen molar-refractivity contribution < 1.29 is 0 Å². The predicted molar refractivity (Wildman–Crippen MR) is 89.1 cm³/mol. The molecule has 0 heterocycles. The highest BCUT2D eigenvalue weighted by Crippen LogP contribution is 2.46. The van der Waals surface area contributed by atoms with E-state index in [1.807, 2.05) is 27.7 Å². The third-order valence-corrected chi connectivity index (χ3v) is 4.31. The van der Waals surface area contributed by atoms with Crippen molar-refractivity contribution in [1.29, 1.82) is 0 Å². The molecule has 114 valence electrons. The van der Waals surface area contributed by atoms with Crippen LogP contribution in [0, 0.1) is 29.6 Å². The van der Waals surface area contributed by atoms with Crippen LogP contribution >= 0.6 is 0 Å². The lowest BCUT2D eigenvalue weighted by Crippen LogP contribution is -2.11. The molecule has 0 aliphatic heterocycles. The second-order valence-corrected chi connectivity index (χ2v) is 5.22. The van der Waals surface area contributed by atoms with Gasteiger partial charge in [0, 0.05) is 0 Å². The standard InChI is InChI=1S/C11H22.C3H8.2C2H6/c1-6-11-9(4)7(2)8(3)10(11)5;1-3-2;2*1-2/h7-11H,6H2,1-5H3;3H2,1-2H3;2*1-2H3. The summed E-state index contributed by atoms with van der Waals surface area (Å²) in [5.41, 5.74) is 0. The van der Waals surface area contributed by atoms with Crippen LogP contribution in [-0.4, -0.2) is 0 Å². The summed E-state index contributed by atoms with van der Waals surface area (Å²) < 4.78 is 0. The van der Waals surface area contributed by atoms with E-state index in [1.54, 1.807) is 0 Å². The average Bonchev–Trinajstić information content (AvgIpc) is 2.59. The topological polar surface area (TPSA) is 0 Å². The van der Waals surface area contributed by atoms with E-state index >= 15 is 0 Å². The summed E-state index contributed by atoms with van der Waals surface area (Å²) in [5, 5.41) is 0. The first kappa shape index (κ1) is 23.1. The fourth-order valence-corrected chi connectivity index (χ4v) is 2.96. The van der Waals surface area contributed by atoms with E-state index in [2.05, 4.69) is 48.5 Å². The molecule has 0 radical (unpaired) electrons. The normalized spacial score (nSPS) is 33.2. The largest absolute Gasteiger partial charge is 0.0683 e. The molecule has 4 atom stereocenters. The zero-order valence-electron chi connectivity index (χ0n) is 15.3. The molecule has 1 rings (SSSR count). The maximum atomic E-state index is 2.43. The Kier molecular flexibility index (Phi) is 19.3. The third kappa shape index (κ3) is 7.44. The van der Waals surface area contributed by atoms with Crippen molar-refractivity contribution in [3.63, 3.8) is 0 Å². The van der Waals surface area contributed by atoms with Crippen molar-refractivity contribution in [3.8, 4) is 0 Å². The first-order valence-electron chi connectivity index (χ1n) is 8.51. The van der Waals surface area contributed by atoms with Gasteiger partial charge in [-0.15, -0.1) is 0 Å². The summed E-state index contributed by atoms with van der Waals surface area (Å²) in [5.74, 6) is 4.76. The lowest BCUT2D eigenvalue weighted by atomic mass is 9.87. The first-order chi connectivity index (χ1) is 8.51. The molecule has 0 amide bonds. The SMILES string of the molecule is CC.CC.CCC.CCC1C(C)C(C)C(C)C1C. The second kappa shape index (κ2) is 15.1. The maximum Gasteiger partial charge on any atom is -0.0360 e. The minimum absolute atomic E-state index is 0.940. The summed E-state index contributed by atoms with van der Waals surface area (Å²) in [6, 6.07) is 0. The van der Waals surface area contributed by atoms with Crippen LogP contribution in [0.3, 0.4) is 0 Å². The molecule has 0 heteroatoms. The van der Waals surface area contributed by atoms with Gasteiger partial charge >= 0.3 is 0 Å². The van der Waals surface area contributed by atoms with Gasteiger partial charge in [0.1, 0.15) is 0 Å². The molecule has 1 aliphatic carbocycles. The highest BCUT2D eigenvalue weighted by atomic mass is 14.4. The molecular weight excluding hydrogens is 216 g/mol. The fraction of sp³-hybridized carbons (Fsp3) is 1.00. The second-order valence-electron chi connectivity index (χ2n) is 5.22. The van der Waals surface area contributed by atoms with E-state index in [0.717, 1.165) is 29.6 Å². The van der Waals surface area contributed by atoms with E-state index in [-0.39, 0.29) is 0 Å². The molecule has 0 bridgehead atoms. The smallest absolute Gasteiger partial charge is 0.0360 e. The van der Waals surface area contributed by atoms with Crippen molar-refractivity contribution in [2.24, 2.45) is 29.6 Å². The molecule has 18 heavy (non-hydrogen) atoms. The highest BCUT2D eigenvalue weighted by molar-refractivity contribution is 4.88. The van der Waals surface area contributed by atoms with Gasteiger partial charge in [0.25, 0.3) is 0 Å². The van der Waals surface area contributed by atoms with E-state index in [4.69, 9.17) is 0 Å². The maximum absolute atomic E-state index is 2.43. The van der Waals surface area contributed by atoms with Crippen LogP contribution in [0.15, 0.2) is 0 Å². The molecule has 0 aromatic heterocycles. The van der Waals surface area contributed by atoms with Crippen LogP contribution in [-0.2, 0) is 0 Å². The Labute approximate surface area is 119 Å². The van der Waals surface area contributed by atoms with Crippen LogP contribution in [0.25, 0.3) is 0 Å². The Bertz CT molecular complexity index is 125. The molecule has 0 nitrogen and oxygen atoms in total. The molecule has 1 fully saturated rings. The summed E-state index contributed by atoms with van der Waals surface area (Å²) in [6.07, 6.45) is 2.62. The molecule has 1 aliphatic rings. The van der Waals surface area contributed by atoms with E-state index in [9.17, 15) is 0 Å². The van der Waals surface area contributed by atoms with Crippen molar-refractivity contribution in [2.45, 2.75) is 89.0 Å². The monoisotopic (exact) mass is 258 g/mol. The number of hydrogen-bond acceptors (Lipinski definition) is 0. The van der Waals surface area contributed by atoms with Gasteiger partial charge in [-0.2, -0.15) is 0 Å². The molecule has 0 spiro atoms. The average molecular weight is 259 g/mol. The zero-order chi connectivity index (χ0) is 15.3. The highest BCUT2D eigenvalue weighted by Gasteiger charge is 2.39. The number of hydrogen-bond donors (Lipinski definition) is 0. The van der Waals surface area contributed by atoms with Gasteiger partial charge in [0.15, 0.2) is 0 Å². The van der Waals surface area contributed by atoms with E-state index in [1.165, 1.54) is 12.8 Å². The van der Waals surface area contributed by atoms with Crippen molar-refractivity contribution in [3.05, 3.63) is 0 Å². The number of rotatable bonds is 1. The van der Waals surface area contributed by atoms with Crippen molar-refractivity contribution in [1.82, 2.24) is 0 Å². The Balaban J connectivity index is -0.000000274. The molecule has 0 saturated heterocycles. The van der Waals surface area contributed by atoms with Gasteiger partial charge in [0.2, 0.25) is 0 Å². The van der Waals surface area contributed by atoms with Gasteiger partial charge in [-0.25, -0.2) is 0 Å². The van der Waals surface area contributed by atoms with E-state index in [0.29, 0.717) is 0 Å². The van der Waals surface area contributed by atoms with Crippen LogP contribution in [0.5, 0.6) is 0 Å². The Hall–Kier alpha value is 0. The van der Waals surface area contributed by atoms with Gasteiger partial charge in [0.05, 0.1) is 0 Å². The molecule has 1 saturated carbocycles. The summed E-state index contributed by atoms with van der Waals surface area (Å²) in [6.45, 7) is 24.3. The van der Waals surface area contributed by atoms with Crippen molar-refractivity contribution in [2.75, 3.05) is 0 Å². The third-order valence-electron chi connectivity index (χ3n) is 4.31. The molecule has 0 N–H and O–H groups in total. The molecule has 4 unspecified atom stereocenters. The predicted octanol–water partition coefficient (Wildman–Crippen LogP) is 7.04. The van der Waals surface area contributed by atoms with Crippen LogP contribution in [0.2, 0.25) is 0 Å². The first-order valence-corrected chi connectivity index (χ1v) is 8.51. The van der Waals surface area contributed by atoms with Gasteiger partial charge in [-0.1, -0.05) is 89.0 Å². The Morgan fingerprint density at radius 2 is 0.778 bits per heavy atom. The minimum atomic E-state index is 0.940. The van der Waals surface area contributed by atoms with E-state index < -0.39 is 0 Å². The lowest BCUT2D eigenvalue weighted by molar-refractivity contribution is 0.311. The fourth-order valence-electron chi connectivity index (χ4n) is 2.96. The molecular formula is C18H42. The summed E-state index contributed by atoms with van der Waals surface area (Å²) >= 11 is 0. The lowest BCUT2D eigenvalue weighted by Gasteiger charge is -2.18. The van der Waals surface area contributed by atoms with Gasteiger partial charge in [-0.3, -0.25) is 0 Å². The Morgan fingerprint density at radius 1 is 0.556 bits per heavy atom. The Morgan fingerprint density at radius 3 is 0.889 bits per heavy atom. The minimum Gasteiger partial charge on any atom is -0.0683 e. The zero-order valence-corrected chi connectivity index (χ0v) is 15.3. The van der Waals surface area contributed by atoms with Gasteiger partial charge in [-0.05, 0) is 29.6 Å². The van der Waals surface area contributed by atoms with Crippen molar-refractivity contribution >= 4 is 0 Å². The van der Waals surface area contributed by atoms with Crippen LogP contribution in [0.1, 0.15) is 89.0 Å². The van der Waals surface area contributed by atoms with Gasteiger partial charge < -0.3 is 0 Å². The van der Waals surface area contributed by atoms with Crippen LogP contribution in [0.4, 0.5) is 0 Å². The summed E-state index contributed by atoms with van der Waals surface area (Å²) in [4.78, 5) is 0. The molecule has 0 aromatic carbocycles. The molecule has 0 aromatic rings. The summed E-state index contributed by atoms with van der Waals surface area (Å²) in [7, 11) is 0. The van der Waals surface area contributed by atoms with Crippen LogP contribution < -0.4 is 0 Å².